The van der Waals surface area contributed by atoms with E-state index in [1.165, 1.54) is 6.92 Å². The van der Waals surface area contributed by atoms with Crippen molar-refractivity contribution in [3.05, 3.63) is 29.3 Å². The zero-order chi connectivity index (χ0) is 16.2. The van der Waals surface area contributed by atoms with Crippen LogP contribution in [0, 0.1) is 11.6 Å². The number of amides is 3. The van der Waals surface area contributed by atoms with Gasteiger partial charge in [0.05, 0.1) is 11.3 Å². The Morgan fingerprint density at radius 3 is 2.38 bits per heavy atom. The summed E-state index contributed by atoms with van der Waals surface area (Å²) in [6.45, 7) is 1.49. The SMILES string of the molecule is CC(CC(N)=O)NC(=O)Nc1cc(F)c(F)cc1C(=O)O. The Morgan fingerprint density at radius 1 is 1.29 bits per heavy atom. The van der Waals surface area contributed by atoms with Gasteiger partial charge in [-0.25, -0.2) is 18.4 Å². The van der Waals surface area contributed by atoms with Crippen LogP contribution in [0.1, 0.15) is 23.7 Å². The third-order valence-corrected chi connectivity index (χ3v) is 2.42. The molecular formula is C12H13F2N3O4. The monoisotopic (exact) mass is 301 g/mol. The van der Waals surface area contributed by atoms with Gasteiger partial charge in [-0.15, -0.1) is 0 Å². The summed E-state index contributed by atoms with van der Waals surface area (Å²) in [4.78, 5) is 33.2. The molecule has 3 amide bonds. The van der Waals surface area contributed by atoms with Crippen molar-refractivity contribution in [2.75, 3.05) is 5.32 Å². The number of aromatic carboxylic acids is 1. The molecule has 1 atom stereocenters. The number of urea groups is 1. The van der Waals surface area contributed by atoms with Gasteiger partial charge in [0.25, 0.3) is 0 Å². The third kappa shape index (κ3) is 4.71. The molecule has 0 aliphatic carbocycles. The molecule has 5 N–H and O–H groups in total. The van der Waals surface area contributed by atoms with Crippen LogP contribution < -0.4 is 16.4 Å². The number of carbonyl (C=O) groups excluding carboxylic acids is 2. The van der Waals surface area contributed by atoms with Crippen molar-refractivity contribution in [2.45, 2.75) is 19.4 Å². The Hall–Kier alpha value is -2.71. The number of carboxylic acid groups (broad SMARTS) is 1. The van der Waals surface area contributed by atoms with Crippen molar-refractivity contribution in [3.63, 3.8) is 0 Å². The zero-order valence-corrected chi connectivity index (χ0v) is 10.9. The van der Waals surface area contributed by atoms with Crippen molar-refractivity contribution < 1.29 is 28.3 Å². The van der Waals surface area contributed by atoms with E-state index in [-0.39, 0.29) is 6.42 Å². The predicted octanol–water partition coefficient (Wildman–Crippen LogP) is 1.05. The highest BCUT2D eigenvalue weighted by atomic mass is 19.2. The highest BCUT2D eigenvalue weighted by Gasteiger charge is 2.18. The van der Waals surface area contributed by atoms with Gasteiger partial charge in [-0.1, -0.05) is 0 Å². The van der Waals surface area contributed by atoms with Crippen LogP contribution in [-0.4, -0.2) is 29.1 Å². The normalized spacial score (nSPS) is 11.6. The third-order valence-electron chi connectivity index (χ3n) is 2.42. The first-order chi connectivity index (χ1) is 9.70. The highest BCUT2D eigenvalue weighted by Crippen LogP contribution is 2.20. The molecule has 0 heterocycles. The molecule has 0 saturated heterocycles. The van der Waals surface area contributed by atoms with E-state index in [2.05, 4.69) is 10.6 Å². The molecule has 1 rings (SSSR count). The quantitative estimate of drug-likeness (QED) is 0.649. The van der Waals surface area contributed by atoms with Crippen molar-refractivity contribution in [1.29, 1.82) is 0 Å². The van der Waals surface area contributed by atoms with Crippen molar-refractivity contribution in [3.8, 4) is 0 Å². The molecule has 0 aliphatic rings. The van der Waals surface area contributed by atoms with E-state index < -0.39 is 46.8 Å². The van der Waals surface area contributed by atoms with E-state index in [1.54, 1.807) is 0 Å². The molecule has 0 spiro atoms. The Morgan fingerprint density at radius 2 is 1.86 bits per heavy atom. The van der Waals surface area contributed by atoms with Crippen molar-refractivity contribution in [2.24, 2.45) is 5.73 Å². The van der Waals surface area contributed by atoms with Gasteiger partial charge in [0, 0.05) is 18.5 Å². The summed E-state index contributed by atoms with van der Waals surface area (Å²) < 4.78 is 26.1. The number of nitrogens with one attached hydrogen (secondary N) is 2. The fourth-order valence-corrected chi connectivity index (χ4v) is 1.56. The van der Waals surface area contributed by atoms with Crippen LogP contribution in [0.4, 0.5) is 19.3 Å². The standard InChI is InChI=1S/C12H13F2N3O4/c1-5(2-10(15)18)16-12(21)17-9-4-8(14)7(13)3-6(9)11(19)20/h3-5H,2H2,1H3,(H2,15,18)(H,19,20)(H2,16,17,21). The first-order valence-corrected chi connectivity index (χ1v) is 5.79. The van der Waals surface area contributed by atoms with Gasteiger partial charge < -0.3 is 21.5 Å². The number of primary amides is 1. The molecule has 0 aliphatic heterocycles. The largest absolute Gasteiger partial charge is 0.478 e. The fourth-order valence-electron chi connectivity index (χ4n) is 1.56. The van der Waals surface area contributed by atoms with Crippen LogP contribution in [0.3, 0.4) is 0 Å². The van der Waals surface area contributed by atoms with Gasteiger partial charge in [-0.3, -0.25) is 4.79 Å². The van der Waals surface area contributed by atoms with Crippen LogP contribution in [0.5, 0.6) is 0 Å². The van der Waals surface area contributed by atoms with Crippen LogP contribution in [-0.2, 0) is 4.79 Å². The number of carboxylic acids is 1. The topological polar surface area (TPSA) is 122 Å². The molecule has 1 aromatic carbocycles. The number of benzene rings is 1. The molecule has 7 nitrogen and oxygen atoms in total. The summed E-state index contributed by atoms with van der Waals surface area (Å²) in [5.74, 6) is -4.82. The fraction of sp³-hybridized carbons (Fsp3) is 0.250. The number of anilines is 1. The van der Waals surface area contributed by atoms with Gasteiger partial charge >= 0.3 is 12.0 Å². The van der Waals surface area contributed by atoms with Gasteiger partial charge in [0.2, 0.25) is 5.91 Å². The summed E-state index contributed by atoms with van der Waals surface area (Å²) >= 11 is 0. The molecular weight excluding hydrogens is 288 g/mol. The number of rotatable bonds is 5. The van der Waals surface area contributed by atoms with Crippen LogP contribution in [0.25, 0.3) is 0 Å². The van der Waals surface area contributed by atoms with Crippen LogP contribution >= 0.6 is 0 Å². The second kappa shape index (κ2) is 6.64. The maximum absolute atomic E-state index is 13.1. The second-order valence-corrected chi connectivity index (χ2v) is 4.29. The zero-order valence-electron chi connectivity index (χ0n) is 10.9. The van der Waals surface area contributed by atoms with Crippen LogP contribution in [0.15, 0.2) is 12.1 Å². The lowest BCUT2D eigenvalue weighted by Gasteiger charge is -2.14. The summed E-state index contributed by atoms with van der Waals surface area (Å²) in [6.07, 6.45) is -0.128. The number of hydrogen-bond donors (Lipinski definition) is 4. The summed E-state index contributed by atoms with van der Waals surface area (Å²) in [7, 11) is 0. The maximum Gasteiger partial charge on any atom is 0.337 e. The molecule has 0 saturated carbocycles. The first-order valence-electron chi connectivity index (χ1n) is 5.79. The van der Waals surface area contributed by atoms with E-state index in [0.29, 0.717) is 12.1 Å². The number of nitrogens with two attached hydrogens (primary N) is 1. The average Bonchev–Trinajstić information content (AvgIpc) is 2.31. The lowest BCUT2D eigenvalue weighted by Crippen LogP contribution is -2.38. The lowest BCUT2D eigenvalue weighted by atomic mass is 10.1. The van der Waals surface area contributed by atoms with E-state index in [0.717, 1.165) is 0 Å². The smallest absolute Gasteiger partial charge is 0.337 e. The van der Waals surface area contributed by atoms with Gasteiger partial charge in [0.15, 0.2) is 11.6 Å². The van der Waals surface area contributed by atoms with Crippen molar-refractivity contribution in [1.82, 2.24) is 5.32 Å². The summed E-state index contributed by atoms with van der Waals surface area (Å²) in [5, 5.41) is 13.2. The van der Waals surface area contributed by atoms with Gasteiger partial charge in [-0.05, 0) is 13.0 Å². The van der Waals surface area contributed by atoms with Gasteiger partial charge in [0.1, 0.15) is 0 Å². The summed E-state index contributed by atoms with van der Waals surface area (Å²) in [5.41, 5.74) is 3.93. The molecule has 0 radical (unpaired) electrons. The maximum atomic E-state index is 13.1. The van der Waals surface area contributed by atoms with E-state index in [9.17, 15) is 23.2 Å². The minimum Gasteiger partial charge on any atom is -0.478 e. The molecule has 1 aromatic rings. The Balaban J connectivity index is 2.87. The Bertz CT molecular complexity index is 592. The lowest BCUT2D eigenvalue weighted by molar-refractivity contribution is -0.118. The van der Waals surface area contributed by atoms with E-state index in [4.69, 9.17) is 10.8 Å². The average molecular weight is 301 g/mol. The molecule has 1 unspecified atom stereocenters. The van der Waals surface area contributed by atoms with E-state index >= 15 is 0 Å². The van der Waals surface area contributed by atoms with Crippen LogP contribution in [0.2, 0.25) is 0 Å². The number of halogens is 2. The molecule has 9 heteroatoms. The molecule has 0 fully saturated rings. The molecule has 21 heavy (non-hydrogen) atoms. The Kier molecular flexibility index (Phi) is 5.17. The number of hydrogen-bond acceptors (Lipinski definition) is 3. The molecule has 114 valence electrons. The van der Waals surface area contributed by atoms with E-state index in [1.807, 2.05) is 0 Å². The highest BCUT2D eigenvalue weighted by molar-refractivity contribution is 6.00. The van der Waals surface area contributed by atoms with Gasteiger partial charge in [-0.2, -0.15) is 0 Å². The van der Waals surface area contributed by atoms with Crippen molar-refractivity contribution >= 4 is 23.6 Å². The molecule has 0 aromatic heterocycles. The predicted molar refractivity (Wildman–Crippen MR) is 68.7 cm³/mol. The minimum absolute atomic E-state index is 0.128. The number of carbonyl (C=O) groups is 3. The second-order valence-electron chi connectivity index (χ2n) is 4.29. The minimum atomic E-state index is -1.53. The first kappa shape index (κ1) is 16.3. The molecule has 0 bridgehead atoms. The summed E-state index contributed by atoms with van der Waals surface area (Å²) in [6, 6.07) is -0.477. The Labute approximate surface area is 118 Å².